The van der Waals surface area contributed by atoms with Crippen molar-refractivity contribution in [2.24, 2.45) is 0 Å². The molecule has 2 nitrogen and oxygen atoms in total. The van der Waals surface area contributed by atoms with Crippen LogP contribution < -0.4 is 4.74 Å². The number of aryl methyl sites for hydroxylation is 2. The zero-order valence-electron chi connectivity index (χ0n) is 12.4. The summed E-state index contributed by atoms with van der Waals surface area (Å²) in [4.78, 5) is 0. The standard InChI is InChI=1S/C18H22O2/c1-13-8-9-14(2)16(10-13)12-17(19)11-15-6-4-5-7-18(15)20-3/h4-10,17,19H,11-12H2,1-3H3. The molecule has 0 saturated carbocycles. The second-order valence-electron chi connectivity index (χ2n) is 5.30. The lowest BCUT2D eigenvalue weighted by atomic mass is 9.96. The van der Waals surface area contributed by atoms with E-state index in [0.717, 1.165) is 11.3 Å². The highest BCUT2D eigenvalue weighted by atomic mass is 16.5. The zero-order valence-corrected chi connectivity index (χ0v) is 12.4. The van der Waals surface area contributed by atoms with Gasteiger partial charge in [0, 0.05) is 6.42 Å². The molecule has 2 heteroatoms. The third-order valence-electron chi connectivity index (χ3n) is 3.61. The highest BCUT2D eigenvalue weighted by molar-refractivity contribution is 5.35. The van der Waals surface area contributed by atoms with E-state index < -0.39 is 6.10 Å². The van der Waals surface area contributed by atoms with Gasteiger partial charge in [0.15, 0.2) is 0 Å². The average Bonchev–Trinajstić information content (AvgIpc) is 2.43. The molecule has 2 aromatic carbocycles. The first kappa shape index (κ1) is 14.6. The highest BCUT2D eigenvalue weighted by Crippen LogP contribution is 2.21. The summed E-state index contributed by atoms with van der Waals surface area (Å²) in [5.74, 6) is 0.840. The Hall–Kier alpha value is -1.80. The van der Waals surface area contributed by atoms with Crippen LogP contribution in [0.2, 0.25) is 0 Å². The van der Waals surface area contributed by atoms with Gasteiger partial charge in [0.05, 0.1) is 13.2 Å². The van der Waals surface area contributed by atoms with Crippen LogP contribution in [0, 0.1) is 13.8 Å². The predicted molar refractivity (Wildman–Crippen MR) is 82.3 cm³/mol. The van der Waals surface area contributed by atoms with E-state index in [0.29, 0.717) is 12.8 Å². The summed E-state index contributed by atoms with van der Waals surface area (Å²) in [7, 11) is 1.66. The van der Waals surface area contributed by atoms with E-state index in [1.165, 1.54) is 16.7 Å². The van der Waals surface area contributed by atoms with Gasteiger partial charge in [-0.25, -0.2) is 0 Å². The summed E-state index contributed by atoms with van der Waals surface area (Å²) in [6.07, 6.45) is 0.884. The van der Waals surface area contributed by atoms with E-state index in [9.17, 15) is 5.11 Å². The smallest absolute Gasteiger partial charge is 0.122 e. The number of aliphatic hydroxyl groups excluding tert-OH is 1. The van der Waals surface area contributed by atoms with Crippen molar-refractivity contribution in [3.63, 3.8) is 0 Å². The Labute approximate surface area is 121 Å². The van der Waals surface area contributed by atoms with Gasteiger partial charge in [-0.1, -0.05) is 42.0 Å². The summed E-state index contributed by atoms with van der Waals surface area (Å²) < 4.78 is 5.33. The molecular weight excluding hydrogens is 248 g/mol. The van der Waals surface area contributed by atoms with Crippen molar-refractivity contribution in [3.05, 3.63) is 64.7 Å². The van der Waals surface area contributed by atoms with Gasteiger partial charge in [0.25, 0.3) is 0 Å². The van der Waals surface area contributed by atoms with Crippen molar-refractivity contribution in [1.29, 1.82) is 0 Å². The monoisotopic (exact) mass is 270 g/mol. The molecular formula is C18H22O2. The van der Waals surface area contributed by atoms with Gasteiger partial charge in [0.1, 0.15) is 5.75 Å². The molecule has 0 bridgehead atoms. The maximum atomic E-state index is 10.3. The lowest BCUT2D eigenvalue weighted by Crippen LogP contribution is -2.15. The van der Waals surface area contributed by atoms with Crippen molar-refractivity contribution in [3.8, 4) is 5.75 Å². The van der Waals surface area contributed by atoms with Crippen LogP contribution in [0.15, 0.2) is 42.5 Å². The molecule has 0 aliphatic heterocycles. The molecule has 0 aromatic heterocycles. The number of ether oxygens (including phenoxy) is 1. The van der Waals surface area contributed by atoms with Crippen LogP contribution in [0.4, 0.5) is 0 Å². The third kappa shape index (κ3) is 3.61. The van der Waals surface area contributed by atoms with Crippen LogP contribution in [-0.2, 0) is 12.8 Å². The van der Waals surface area contributed by atoms with Gasteiger partial charge in [-0.3, -0.25) is 0 Å². The van der Waals surface area contributed by atoms with Crippen molar-refractivity contribution in [2.45, 2.75) is 32.8 Å². The summed E-state index contributed by atoms with van der Waals surface area (Å²) in [6, 6.07) is 14.2. The molecule has 0 spiro atoms. The lowest BCUT2D eigenvalue weighted by Gasteiger charge is -2.15. The van der Waals surface area contributed by atoms with Gasteiger partial charge >= 0.3 is 0 Å². The normalized spacial score (nSPS) is 12.2. The minimum absolute atomic E-state index is 0.396. The van der Waals surface area contributed by atoms with E-state index in [1.807, 2.05) is 24.3 Å². The maximum Gasteiger partial charge on any atom is 0.122 e. The quantitative estimate of drug-likeness (QED) is 0.901. The van der Waals surface area contributed by atoms with Crippen molar-refractivity contribution in [1.82, 2.24) is 0 Å². The predicted octanol–water partition coefficient (Wildman–Crippen LogP) is 3.46. The second-order valence-corrected chi connectivity index (χ2v) is 5.30. The minimum Gasteiger partial charge on any atom is -0.496 e. The number of methoxy groups -OCH3 is 1. The number of hydrogen-bond acceptors (Lipinski definition) is 2. The van der Waals surface area contributed by atoms with Crippen molar-refractivity contribution < 1.29 is 9.84 Å². The third-order valence-corrected chi connectivity index (χ3v) is 3.61. The van der Waals surface area contributed by atoms with Crippen molar-refractivity contribution >= 4 is 0 Å². The molecule has 0 amide bonds. The van der Waals surface area contributed by atoms with Gasteiger partial charge in [0.2, 0.25) is 0 Å². The summed E-state index contributed by atoms with van der Waals surface area (Å²) in [6.45, 7) is 4.17. The Morgan fingerprint density at radius 2 is 1.70 bits per heavy atom. The SMILES string of the molecule is COc1ccccc1CC(O)Cc1cc(C)ccc1C. The molecule has 0 heterocycles. The van der Waals surface area contributed by atoms with Crippen LogP contribution in [0.3, 0.4) is 0 Å². The molecule has 0 aliphatic carbocycles. The second kappa shape index (κ2) is 6.58. The highest BCUT2D eigenvalue weighted by Gasteiger charge is 2.11. The van der Waals surface area contributed by atoms with Gasteiger partial charge < -0.3 is 9.84 Å². The first-order valence-electron chi connectivity index (χ1n) is 6.96. The van der Waals surface area contributed by atoms with Crippen LogP contribution in [0.1, 0.15) is 22.3 Å². The van der Waals surface area contributed by atoms with Gasteiger partial charge in [-0.05, 0) is 43.0 Å². The van der Waals surface area contributed by atoms with E-state index >= 15 is 0 Å². The molecule has 0 saturated heterocycles. The summed E-state index contributed by atoms with van der Waals surface area (Å²) in [5.41, 5.74) is 4.73. The molecule has 1 unspecified atom stereocenters. The fraction of sp³-hybridized carbons (Fsp3) is 0.333. The number of benzene rings is 2. The number of aliphatic hydroxyl groups is 1. The Kier molecular flexibility index (Phi) is 4.80. The molecule has 1 N–H and O–H groups in total. The zero-order chi connectivity index (χ0) is 14.5. The first-order valence-corrected chi connectivity index (χ1v) is 6.96. The molecule has 0 radical (unpaired) electrons. The van der Waals surface area contributed by atoms with Crippen LogP contribution in [0.25, 0.3) is 0 Å². The fourth-order valence-electron chi connectivity index (χ4n) is 2.47. The first-order chi connectivity index (χ1) is 9.60. The van der Waals surface area contributed by atoms with E-state index in [-0.39, 0.29) is 0 Å². The van der Waals surface area contributed by atoms with E-state index in [4.69, 9.17) is 4.74 Å². The molecule has 2 aromatic rings. The fourth-order valence-corrected chi connectivity index (χ4v) is 2.47. The Morgan fingerprint density at radius 1 is 1.00 bits per heavy atom. The average molecular weight is 270 g/mol. The number of para-hydroxylation sites is 1. The maximum absolute atomic E-state index is 10.3. The molecule has 2 rings (SSSR count). The lowest BCUT2D eigenvalue weighted by molar-refractivity contribution is 0.174. The Balaban J connectivity index is 2.09. The van der Waals surface area contributed by atoms with E-state index in [1.54, 1.807) is 7.11 Å². The van der Waals surface area contributed by atoms with Gasteiger partial charge in [-0.2, -0.15) is 0 Å². The molecule has 0 aliphatic rings. The van der Waals surface area contributed by atoms with Gasteiger partial charge in [-0.15, -0.1) is 0 Å². The minimum atomic E-state index is -0.396. The summed E-state index contributed by atoms with van der Waals surface area (Å²) in [5, 5.41) is 10.3. The van der Waals surface area contributed by atoms with Crippen LogP contribution in [-0.4, -0.2) is 18.3 Å². The largest absolute Gasteiger partial charge is 0.496 e. The molecule has 1 atom stereocenters. The van der Waals surface area contributed by atoms with Crippen LogP contribution >= 0.6 is 0 Å². The van der Waals surface area contributed by atoms with E-state index in [2.05, 4.69) is 32.0 Å². The molecule has 0 fully saturated rings. The van der Waals surface area contributed by atoms with Crippen molar-refractivity contribution in [2.75, 3.05) is 7.11 Å². The topological polar surface area (TPSA) is 29.5 Å². The Morgan fingerprint density at radius 3 is 2.45 bits per heavy atom. The Bertz CT molecular complexity index is 575. The number of hydrogen-bond donors (Lipinski definition) is 1. The number of rotatable bonds is 5. The van der Waals surface area contributed by atoms with Crippen LogP contribution in [0.5, 0.6) is 5.75 Å². The summed E-state index contributed by atoms with van der Waals surface area (Å²) >= 11 is 0. The molecule has 20 heavy (non-hydrogen) atoms. The molecule has 106 valence electrons.